The number of likely N-dealkylation sites (tertiary alicyclic amines) is 1. The Hall–Kier alpha value is -1.61. The molecule has 0 saturated carbocycles. The van der Waals surface area contributed by atoms with Crippen molar-refractivity contribution >= 4 is 5.91 Å². The number of carbonyl (C=O) groups excluding carboxylic acids is 1. The molecule has 1 heterocycles. The zero-order chi connectivity index (χ0) is 17.9. The molecule has 138 valence electrons. The molecule has 1 amide bonds. The van der Waals surface area contributed by atoms with E-state index >= 15 is 0 Å². The second-order valence-corrected chi connectivity index (χ2v) is 7.10. The molecule has 0 aliphatic carbocycles. The molecule has 1 aromatic rings. The van der Waals surface area contributed by atoms with Crippen molar-refractivity contribution in [2.45, 2.75) is 76.9 Å². The fourth-order valence-electron chi connectivity index (χ4n) is 3.50. The smallest absolute Gasteiger partial charge is 0.223 e. The summed E-state index contributed by atoms with van der Waals surface area (Å²) < 4.78 is 0. The van der Waals surface area contributed by atoms with Gasteiger partial charge in [0.1, 0.15) is 0 Å². The highest BCUT2D eigenvalue weighted by molar-refractivity contribution is 5.77. The van der Waals surface area contributed by atoms with Crippen molar-refractivity contribution in [3.8, 4) is 0 Å². The summed E-state index contributed by atoms with van der Waals surface area (Å²) in [6, 6.07) is 10.2. The number of piperidine rings is 1. The minimum atomic E-state index is -0.495. The topological polar surface area (TPSA) is 40.5 Å². The van der Waals surface area contributed by atoms with E-state index in [9.17, 15) is 9.90 Å². The van der Waals surface area contributed by atoms with Crippen LogP contribution in [0.1, 0.15) is 63.9 Å². The van der Waals surface area contributed by atoms with Crippen LogP contribution in [0, 0.1) is 0 Å². The number of amides is 1. The summed E-state index contributed by atoms with van der Waals surface area (Å²) in [6.45, 7) is 3.07. The number of hydrogen-bond donors (Lipinski definition) is 1. The van der Waals surface area contributed by atoms with Gasteiger partial charge in [0.15, 0.2) is 0 Å². The lowest BCUT2D eigenvalue weighted by Crippen LogP contribution is -2.43. The second kappa shape index (κ2) is 11.1. The van der Waals surface area contributed by atoms with E-state index in [2.05, 4.69) is 13.0 Å². The summed E-state index contributed by atoms with van der Waals surface area (Å²) in [5.41, 5.74) is 1.13. The van der Waals surface area contributed by atoms with Gasteiger partial charge in [0.2, 0.25) is 5.91 Å². The van der Waals surface area contributed by atoms with Crippen molar-refractivity contribution in [1.82, 2.24) is 4.90 Å². The van der Waals surface area contributed by atoms with Crippen LogP contribution in [0.4, 0.5) is 0 Å². The van der Waals surface area contributed by atoms with Crippen molar-refractivity contribution in [2.24, 2.45) is 0 Å². The van der Waals surface area contributed by atoms with Gasteiger partial charge in [-0.15, -0.1) is 0 Å². The molecule has 1 saturated heterocycles. The predicted molar refractivity (Wildman–Crippen MR) is 103 cm³/mol. The molecule has 1 fully saturated rings. The van der Waals surface area contributed by atoms with Crippen molar-refractivity contribution in [2.75, 3.05) is 6.54 Å². The summed E-state index contributed by atoms with van der Waals surface area (Å²) in [7, 11) is 0. The maximum Gasteiger partial charge on any atom is 0.223 e. The third kappa shape index (κ3) is 7.03. The quantitative estimate of drug-likeness (QED) is 0.502. The molecule has 1 aliphatic heterocycles. The fourth-order valence-corrected chi connectivity index (χ4v) is 3.50. The average Bonchev–Trinajstić information content (AvgIpc) is 2.62. The monoisotopic (exact) mass is 343 g/mol. The zero-order valence-electron chi connectivity index (χ0n) is 15.6. The Balaban J connectivity index is 1.84. The highest BCUT2D eigenvalue weighted by Gasteiger charge is 2.25. The number of rotatable bonds is 10. The van der Waals surface area contributed by atoms with Crippen LogP contribution in [0.15, 0.2) is 42.5 Å². The number of unbranched alkanes of at least 4 members (excludes halogenated alkanes) is 4. The van der Waals surface area contributed by atoms with Gasteiger partial charge in [0.25, 0.3) is 0 Å². The first-order valence-electron chi connectivity index (χ1n) is 9.90. The SMILES string of the molecule is CCCCCCCN1C(=O)CCC[C@@H]1/C=C/C(O)Cc1ccccc1. The first kappa shape index (κ1) is 19.7. The van der Waals surface area contributed by atoms with Gasteiger partial charge < -0.3 is 10.0 Å². The normalized spacial score (nSPS) is 19.5. The van der Waals surface area contributed by atoms with Crippen LogP contribution in [-0.4, -0.2) is 34.6 Å². The Morgan fingerprint density at radius 1 is 1.20 bits per heavy atom. The highest BCUT2D eigenvalue weighted by Crippen LogP contribution is 2.21. The Morgan fingerprint density at radius 2 is 1.96 bits per heavy atom. The highest BCUT2D eigenvalue weighted by atomic mass is 16.3. The first-order valence-corrected chi connectivity index (χ1v) is 9.90. The largest absolute Gasteiger partial charge is 0.389 e. The number of aliphatic hydroxyl groups is 1. The second-order valence-electron chi connectivity index (χ2n) is 7.10. The molecular formula is C22H33NO2. The molecule has 0 aromatic heterocycles. The maximum atomic E-state index is 12.3. The standard InChI is InChI=1S/C22H33NO2/c1-2-3-4-5-9-17-23-20(13-10-14-22(23)25)15-16-21(24)18-19-11-7-6-8-12-19/h6-8,11-12,15-16,20-21,24H,2-5,9-10,13-14,17-18H2,1H3/b16-15+/t20-,21?/m1/s1. The lowest BCUT2D eigenvalue weighted by Gasteiger charge is -2.34. The lowest BCUT2D eigenvalue weighted by atomic mass is 9.99. The minimum absolute atomic E-state index is 0.151. The molecule has 25 heavy (non-hydrogen) atoms. The molecule has 3 heteroatoms. The summed E-state index contributed by atoms with van der Waals surface area (Å²) in [5, 5.41) is 10.3. The molecule has 0 spiro atoms. The van der Waals surface area contributed by atoms with Crippen LogP contribution in [0.5, 0.6) is 0 Å². The summed E-state index contributed by atoms with van der Waals surface area (Å²) in [5.74, 6) is 0.272. The Bertz CT molecular complexity index is 526. The van der Waals surface area contributed by atoms with Crippen molar-refractivity contribution < 1.29 is 9.90 Å². The molecule has 2 atom stereocenters. The van der Waals surface area contributed by atoms with Crippen LogP contribution in [0.3, 0.4) is 0 Å². The molecule has 0 radical (unpaired) electrons. The van der Waals surface area contributed by atoms with Gasteiger partial charge in [0, 0.05) is 19.4 Å². The molecule has 3 nitrogen and oxygen atoms in total. The van der Waals surface area contributed by atoms with Gasteiger partial charge in [-0.3, -0.25) is 4.79 Å². The third-order valence-corrected chi connectivity index (χ3v) is 4.96. The van der Waals surface area contributed by atoms with E-state index in [0.717, 1.165) is 31.4 Å². The number of nitrogens with zero attached hydrogens (tertiary/aromatic N) is 1. The molecule has 0 bridgehead atoms. The van der Waals surface area contributed by atoms with Crippen molar-refractivity contribution in [3.63, 3.8) is 0 Å². The van der Waals surface area contributed by atoms with E-state index in [1.165, 1.54) is 25.7 Å². The van der Waals surface area contributed by atoms with Gasteiger partial charge in [0.05, 0.1) is 12.1 Å². The maximum absolute atomic E-state index is 12.3. The zero-order valence-corrected chi connectivity index (χ0v) is 15.6. The van der Waals surface area contributed by atoms with Gasteiger partial charge in [-0.2, -0.15) is 0 Å². The van der Waals surface area contributed by atoms with E-state index < -0.39 is 6.10 Å². The first-order chi connectivity index (χ1) is 12.2. The van der Waals surface area contributed by atoms with Crippen molar-refractivity contribution in [1.29, 1.82) is 0 Å². The Labute approximate surface area is 152 Å². The van der Waals surface area contributed by atoms with Crippen molar-refractivity contribution in [3.05, 3.63) is 48.0 Å². The van der Waals surface area contributed by atoms with Crippen LogP contribution in [0.25, 0.3) is 0 Å². The average molecular weight is 344 g/mol. The fraction of sp³-hybridized carbons (Fsp3) is 0.591. The lowest BCUT2D eigenvalue weighted by molar-refractivity contribution is -0.135. The van der Waals surface area contributed by atoms with Gasteiger partial charge in [-0.1, -0.05) is 75.1 Å². The molecule has 2 rings (SSSR count). The minimum Gasteiger partial charge on any atom is -0.389 e. The summed E-state index contributed by atoms with van der Waals surface area (Å²) in [4.78, 5) is 14.3. The van der Waals surface area contributed by atoms with E-state index in [0.29, 0.717) is 12.8 Å². The third-order valence-electron chi connectivity index (χ3n) is 4.96. The molecular weight excluding hydrogens is 310 g/mol. The van der Waals surface area contributed by atoms with Gasteiger partial charge in [-0.05, 0) is 24.8 Å². The predicted octanol–water partition coefficient (Wildman–Crippen LogP) is 4.50. The molecule has 1 aromatic carbocycles. The number of carbonyl (C=O) groups is 1. The summed E-state index contributed by atoms with van der Waals surface area (Å²) >= 11 is 0. The van der Waals surface area contributed by atoms with E-state index in [-0.39, 0.29) is 11.9 Å². The van der Waals surface area contributed by atoms with Crippen LogP contribution in [-0.2, 0) is 11.2 Å². The van der Waals surface area contributed by atoms with E-state index in [1.807, 2.05) is 41.3 Å². The Kier molecular flexibility index (Phi) is 8.75. The van der Waals surface area contributed by atoms with Gasteiger partial charge >= 0.3 is 0 Å². The van der Waals surface area contributed by atoms with E-state index in [4.69, 9.17) is 0 Å². The Morgan fingerprint density at radius 3 is 2.72 bits per heavy atom. The van der Waals surface area contributed by atoms with E-state index in [1.54, 1.807) is 0 Å². The van der Waals surface area contributed by atoms with Gasteiger partial charge in [-0.25, -0.2) is 0 Å². The van der Waals surface area contributed by atoms with Crippen LogP contribution >= 0.6 is 0 Å². The number of aliphatic hydroxyl groups excluding tert-OH is 1. The molecule has 1 N–H and O–H groups in total. The molecule has 1 unspecified atom stereocenters. The molecule has 1 aliphatic rings. The number of hydrogen-bond acceptors (Lipinski definition) is 2. The van der Waals surface area contributed by atoms with Crippen LogP contribution in [0.2, 0.25) is 0 Å². The van der Waals surface area contributed by atoms with Crippen LogP contribution < -0.4 is 0 Å². The summed E-state index contributed by atoms with van der Waals surface area (Å²) in [6.07, 6.45) is 12.8. The number of benzene rings is 1.